The molecule has 0 bridgehead atoms. The van der Waals surface area contributed by atoms with Crippen molar-refractivity contribution in [3.63, 3.8) is 0 Å². The third-order valence-corrected chi connectivity index (χ3v) is 3.06. The van der Waals surface area contributed by atoms with Gasteiger partial charge in [0.15, 0.2) is 0 Å². The fourth-order valence-corrected chi connectivity index (χ4v) is 1.91. The Labute approximate surface area is 120 Å². The predicted molar refractivity (Wildman–Crippen MR) is 77.9 cm³/mol. The van der Waals surface area contributed by atoms with Gasteiger partial charge >= 0.3 is 6.09 Å². The molecule has 1 aromatic rings. The lowest BCUT2D eigenvalue weighted by molar-refractivity contribution is 0.134. The van der Waals surface area contributed by atoms with E-state index in [9.17, 15) is 9.18 Å². The minimum Gasteiger partial charge on any atom is -0.445 e. The Balaban J connectivity index is 0.000000956. The van der Waals surface area contributed by atoms with E-state index < -0.39 is 6.09 Å². The van der Waals surface area contributed by atoms with E-state index in [1.807, 2.05) is 20.8 Å². The van der Waals surface area contributed by atoms with E-state index in [0.717, 1.165) is 12.3 Å². The molecule has 0 saturated heterocycles. The molecule has 0 heterocycles. The molecule has 0 spiro atoms. The van der Waals surface area contributed by atoms with Crippen LogP contribution in [0.5, 0.6) is 0 Å². The van der Waals surface area contributed by atoms with Gasteiger partial charge in [0.2, 0.25) is 0 Å². The Bertz CT molecular complexity index is 419. The third-order valence-electron chi connectivity index (χ3n) is 3.06. The Morgan fingerprint density at radius 3 is 2.65 bits per heavy atom. The van der Waals surface area contributed by atoms with Crippen LogP contribution in [0.3, 0.4) is 0 Å². The molecule has 3 nitrogen and oxygen atoms in total. The number of hydrogen-bond acceptors (Lipinski definition) is 2. The Morgan fingerprint density at radius 2 is 2.05 bits per heavy atom. The van der Waals surface area contributed by atoms with E-state index in [1.165, 1.54) is 18.9 Å². The Morgan fingerprint density at radius 1 is 1.40 bits per heavy atom. The summed E-state index contributed by atoms with van der Waals surface area (Å²) in [6, 6.07) is 6.40. The average molecular weight is 281 g/mol. The van der Waals surface area contributed by atoms with Crippen molar-refractivity contribution in [1.29, 1.82) is 0 Å². The van der Waals surface area contributed by atoms with Gasteiger partial charge in [0, 0.05) is 11.6 Å². The van der Waals surface area contributed by atoms with Crippen LogP contribution < -0.4 is 5.32 Å². The summed E-state index contributed by atoms with van der Waals surface area (Å²) in [5.74, 6) is 0.406. The number of nitrogens with one attached hydrogen (secondary N) is 1. The average Bonchev–Trinajstić information content (AvgIpc) is 3.24. The molecule has 1 atom stereocenters. The summed E-state index contributed by atoms with van der Waals surface area (Å²) in [7, 11) is 0. The predicted octanol–water partition coefficient (Wildman–Crippen LogP) is 4.27. The highest BCUT2D eigenvalue weighted by atomic mass is 19.1. The summed E-state index contributed by atoms with van der Waals surface area (Å²) < 4.78 is 18.3. The fourth-order valence-electron chi connectivity index (χ4n) is 1.91. The first-order valence-corrected chi connectivity index (χ1v) is 7.32. The first kappa shape index (κ1) is 16.5. The summed E-state index contributed by atoms with van der Waals surface area (Å²) in [5.41, 5.74) is 0.391. The molecule has 1 aliphatic carbocycles. The van der Waals surface area contributed by atoms with E-state index in [0.29, 0.717) is 5.56 Å². The maximum atomic E-state index is 13.3. The second-order valence-electron chi connectivity index (χ2n) is 4.89. The van der Waals surface area contributed by atoms with Gasteiger partial charge in [-0.1, -0.05) is 44.9 Å². The quantitative estimate of drug-likeness (QED) is 0.875. The molecule has 1 aromatic carbocycles. The number of rotatable bonds is 5. The number of alkyl carbamates (subject to hydrolysis) is 1. The molecule has 1 amide bonds. The number of hydrogen-bond donors (Lipinski definition) is 1. The smallest absolute Gasteiger partial charge is 0.407 e. The first-order valence-electron chi connectivity index (χ1n) is 7.32. The zero-order chi connectivity index (χ0) is 15.0. The van der Waals surface area contributed by atoms with E-state index >= 15 is 0 Å². The maximum absolute atomic E-state index is 13.3. The molecule has 2 rings (SSSR count). The van der Waals surface area contributed by atoms with Gasteiger partial charge in [-0.2, -0.15) is 0 Å². The molecule has 1 saturated carbocycles. The molecular weight excluding hydrogens is 257 g/mol. The second-order valence-corrected chi connectivity index (χ2v) is 4.89. The van der Waals surface area contributed by atoms with Crippen LogP contribution in [0.4, 0.5) is 9.18 Å². The highest BCUT2D eigenvalue weighted by Crippen LogP contribution is 2.33. The topological polar surface area (TPSA) is 38.3 Å². The highest BCUT2D eigenvalue weighted by molar-refractivity contribution is 5.67. The lowest BCUT2D eigenvalue weighted by atomic mass is 10.2. The van der Waals surface area contributed by atoms with Crippen LogP contribution in [0, 0.1) is 11.7 Å². The van der Waals surface area contributed by atoms with E-state index in [4.69, 9.17) is 4.74 Å². The summed E-state index contributed by atoms with van der Waals surface area (Å²) >= 11 is 0. The van der Waals surface area contributed by atoms with Crippen molar-refractivity contribution in [1.82, 2.24) is 5.32 Å². The molecular formula is C16H24FNO2. The van der Waals surface area contributed by atoms with Gasteiger partial charge in [-0.15, -0.1) is 0 Å². The van der Waals surface area contributed by atoms with Gasteiger partial charge < -0.3 is 10.1 Å². The number of amides is 1. The summed E-state index contributed by atoms with van der Waals surface area (Å²) in [4.78, 5) is 11.5. The Hall–Kier alpha value is -1.58. The SMILES string of the molecule is CC.CC(CC1CC1)NC(=O)OCc1ccccc1F. The molecule has 1 aliphatic rings. The normalized spacial score (nSPS) is 14.8. The number of carbonyl (C=O) groups excluding carboxylic acids is 1. The lowest BCUT2D eigenvalue weighted by Gasteiger charge is -2.13. The van der Waals surface area contributed by atoms with Crippen molar-refractivity contribution in [2.75, 3.05) is 0 Å². The number of carbonyl (C=O) groups is 1. The van der Waals surface area contributed by atoms with Gasteiger partial charge in [-0.25, -0.2) is 9.18 Å². The van der Waals surface area contributed by atoms with Crippen LogP contribution in [-0.4, -0.2) is 12.1 Å². The standard InChI is InChI=1S/C14H18FNO2.C2H6/c1-10(8-11-6-7-11)16-14(17)18-9-12-4-2-3-5-13(12)15;1-2/h2-5,10-11H,6-9H2,1H3,(H,16,17);1-2H3. The molecule has 112 valence electrons. The number of halogens is 1. The molecule has 0 aromatic heterocycles. The van der Waals surface area contributed by atoms with Gasteiger partial charge in [0.1, 0.15) is 12.4 Å². The third kappa shape index (κ3) is 6.04. The summed E-state index contributed by atoms with van der Waals surface area (Å²) in [6.07, 6.45) is 3.04. The highest BCUT2D eigenvalue weighted by Gasteiger charge is 2.24. The summed E-state index contributed by atoms with van der Waals surface area (Å²) in [5, 5.41) is 2.76. The van der Waals surface area contributed by atoms with Crippen LogP contribution in [0.2, 0.25) is 0 Å². The van der Waals surface area contributed by atoms with Crippen molar-refractivity contribution in [2.24, 2.45) is 5.92 Å². The van der Waals surface area contributed by atoms with Gasteiger partial charge in [-0.3, -0.25) is 0 Å². The van der Waals surface area contributed by atoms with Crippen molar-refractivity contribution in [3.05, 3.63) is 35.6 Å². The van der Waals surface area contributed by atoms with E-state index in [-0.39, 0.29) is 18.5 Å². The molecule has 0 radical (unpaired) electrons. The number of benzene rings is 1. The molecule has 4 heteroatoms. The zero-order valence-electron chi connectivity index (χ0n) is 12.5. The van der Waals surface area contributed by atoms with E-state index in [2.05, 4.69) is 5.32 Å². The van der Waals surface area contributed by atoms with Gasteiger partial charge in [0.25, 0.3) is 0 Å². The molecule has 20 heavy (non-hydrogen) atoms. The second kappa shape index (κ2) is 8.56. The van der Waals surface area contributed by atoms with Crippen LogP contribution >= 0.6 is 0 Å². The van der Waals surface area contributed by atoms with Crippen molar-refractivity contribution >= 4 is 6.09 Å². The van der Waals surface area contributed by atoms with Crippen LogP contribution in [0.25, 0.3) is 0 Å². The largest absolute Gasteiger partial charge is 0.445 e. The van der Waals surface area contributed by atoms with Crippen LogP contribution in [-0.2, 0) is 11.3 Å². The minimum atomic E-state index is -0.480. The molecule has 1 fully saturated rings. The van der Waals surface area contributed by atoms with Gasteiger partial charge in [0.05, 0.1) is 0 Å². The maximum Gasteiger partial charge on any atom is 0.407 e. The molecule has 1 N–H and O–H groups in total. The Kier molecular flexibility index (Phi) is 7.05. The zero-order valence-corrected chi connectivity index (χ0v) is 12.5. The first-order chi connectivity index (χ1) is 9.65. The minimum absolute atomic E-state index is 0.0331. The molecule has 0 aliphatic heterocycles. The van der Waals surface area contributed by atoms with Crippen molar-refractivity contribution < 1.29 is 13.9 Å². The lowest BCUT2D eigenvalue weighted by Crippen LogP contribution is -2.33. The number of ether oxygens (including phenoxy) is 1. The fraction of sp³-hybridized carbons (Fsp3) is 0.562. The van der Waals surface area contributed by atoms with Crippen LogP contribution in [0.15, 0.2) is 24.3 Å². The summed E-state index contributed by atoms with van der Waals surface area (Å²) in [6.45, 7) is 5.93. The van der Waals surface area contributed by atoms with Crippen molar-refractivity contribution in [3.8, 4) is 0 Å². The monoisotopic (exact) mass is 281 g/mol. The van der Waals surface area contributed by atoms with E-state index in [1.54, 1.807) is 18.2 Å². The van der Waals surface area contributed by atoms with Crippen LogP contribution in [0.1, 0.15) is 45.6 Å². The van der Waals surface area contributed by atoms with Gasteiger partial charge in [-0.05, 0) is 25.3 Å². The van der Waals surface area contributed by atoms with Crippen molar-refractivity contribution in [2.45, 2.75) is 52.7 Å². The molecule has 1 unspecified atom stereocenters.